The minimum absolute atomic E-state index is 0.527. The van der Waals surface area contributed by atoms with E-state index in [-0.39, 0.29) is 0 Å². The molecule has 3 N–H and O–H groups in total. The van der Waals surface area contributed by atoms with E-state index in [9.17, 15) is 4.79 Å². The molecule has 2 aromatic carbocycles. The van der Waals surface area contributed by atoms with Crippen LogP contribution < -0.4 is 15.4 Å². The van der Waals surface area contributed by atoms with Gasteiger partial charge < -0.3 is 10.6 Å². The van der Waals surface area contributed by atoms with E-state index in [2.05, 4.69) is 62.0 Å². The summed E-state index contributed by atoms with van der Waals surface area (Å²) >= 11 is 1.25. The van der Waals surface area contributed by atoms with Crippen LogP contribution in [-0.2, 0) is 6.42 Å². The van der Waals surface area contributed by atoms with E-state index in [1.165, 1.54) is 28.6 Å². The fourth-order valence-corrected chi connectivity index (χ4v) is 4.47. The molecule has 156 valence electrons. The summed E-state index contributed by atoms with van der Waals surface area (Å²) in [5.41, 5.74) is 9.81. The van der Waals surface area contributed by atoms with Crippen molar-refractivity contribution in [2.45, 2.75) is 18.2 Å². The van der Waals surface area contributed by atoms with E-state index >= 15 is 0 Å². The first-order valence-corrected chi connectivity index (χ1v) is 11.0. The summed E-state index contributed by atoms with van der Waals surface area (Å²) in [6.07, 6.45) is 0.989. The van der Waals surface area contributed by atoms with Gasteiger partial charge in [0.1, 0.15) is 0 Å². The van der Waals surface area contributed by atoms with Gasteiger partial charge in [-0.05, 0) is 67.3 Å². The van der Waals surface area contributed by atoms with Crippen LogP contribution in [0.2, 0.25) is 0 Å². The van der Waals surface area contributed by atoms with Crippen LogP contribution >= 0.6 is 11.9 Å². The molecule has 1 saturated heterocycles. The molecule has 6 nitrogen and oxygen atoms in total. The van der Waals surface area contributed by atoms with Crippen molar-refractivity contribution in [3.63, 3.8) is 0 Å². The topological polar surface area (TPSA) is 74.5 Å². The molecular formula is C23H27N5OS. The Morgan fingerprint density at radius 3 is 2.70 bits per heavy atom. The average Bonchev–Trinajstić information content (AvgIpc) is 2.76. The molecule has 1 aliphatic heterocycles. The Labute approximate surface area is 181 Å². The number of fused-ring (bicyclic) bond motifs is 1. The molecule has 3 aromatic rings. The van der Waals surface area contributed by atoms with Gasteiger partial charge in [0.2, 0.25) is 0 Å². The van der Waals surface area contributed by atoms with Gasteiger partial charge in [-0.2, -0.15) is 0 Å². The third kappa shape index (κ3) is 5.04. The molecule has 30 heavy (non-hydrogen) atoms. The predicted molar refractivity (Wildman–Crippen MR) is 124 cm³/mol. The molecule has 1 aliphatic rings. The maximum absolute atomic E-state index is 10.9. The number of piperazine rings is 1. The molecule has 0 bridgehead atoms. The number of anilines is 1. The number of urea groups is 1. The number of hydrogen-bond acceptors (Lipinski definition) is 5. The van der Waals surface area contributed by atoms with Crippen LogP contribution in [0.15, 0.2) is 59.5 Å². The van der Waals surface area contributed by atoms with Gasteiger partial charge in [-0.1, -0.05) is 18.2 Å². The summed E-state index contributed by atoms with van der Waals surface area (Å²) in [5, 5.41) is 1.23. The largest absolute Gasteiger partial charge is 0.368 e. The Hall–Kier alpha value is -2.77. The first kappa shape index (κ1) is 20.5. The van der Waals surface area contributed by atoms with Gasteiger partial charge in [0.15, 0.2) is 0 Å². The third-order valence-corrected chi connectivity index (χ3v) is 6.24. The van der Waals surface area contributed by atoms with E-state index in [4.69, 9.17) is 5.73 Å². The maximum atomic E-state index is 10.9. The number of pyridine rings is 1. The second-order valence-corrected chi connectivity index (χ2v) is 8.47. The zero-order valence-corrected chi connectivity index (χ0v) is 18.0. The standard InChI is InChI=1S/C23H27N5OS/c1-17-8-9-20-21(25-17)6-3-7-22(20)28-14-12-27(13-15-28)11-10-18-4-2-5-19(16-18)30-26-23(24)29/h2-9,16H,10-15H2,1H3,(H3,24,26,29). The fraction of sp³-hybridized carbons (Fsp3) is 0.304. The van der Waals surface area contributed by atoms with Crippen molar-refractivity contribution in [3.05, 3.63) is 65.9 Å². The van der Waals surface area contributed by atoms with E-state index in [1.807, 2.05) is 19.1 Å². The summed E-state index contributed by atoms with van der Waals surface area (Å²) in [6, 6.07) is 18.4. The number of nitrogens with one attached hydrogen (secondary N) is 1. The highest BCUT2D eigenvalue weighted by Gasteiger charge is 2.18. The van der Waals surface area contributed by atoms with E-state index in [1.54, 1.807) is 0 Å². The predicted octanol–water partition coefficient (Wildman–Crippen LogP) is 3.58. The molecule has 0 atom stereocenters. The van der Waals surface area contributed by atoms with E-state index < -0.39 is 6.03 Å². The second-order valence-electron chi connectivity index (χ2n) is 7.59. The number of nitrogens with two attached hydrogens (primary N) is 1. The highest BCUT2D eigenvalue weighted by atomic mass is 32.2. The maximum Gasteiger partial charge on any atom is 0.322 e. The average molecular weight is 422 g/mol. The molecule has 0 spiro atoms. The van der Waals surface area contributed by atoms with Crippen LogP contribution in [0.25, 0.3) is 10.9 Å². The van der Waals surface area contributed by atoms with Crippen molar-refractivity contribution in [1.82, 2.24) is 14.6 Å². The highest BCUT2D eigenvalue weighted by molar-refractivity contribution is 7.98. The number of nitrogens with zero attached hydrogens (tertiary/aromatic N) is 3. The lowest BCUT2D eigenvalue weighted by molar-refractivity contribution is 0.254. The van der Waals surface area contributed by atoms with Crippen molar-refractivity contribution in [2.24, 2.45) is 5.73 Å². The zero-order chi connectivity index (χ0) is 20.9. The molecular weight excluding hydrogens is 394 g/mol. The molecule has 1 aromatic heterocycles. The zero-order valence-electron chi connectivity index (χ0n) is 17.2. The minimum atomic E-state index is -0.527. The SMILES string of the molecule is Cc1ccc2c(N3CCN(CCc4cccc(SNC(N)=O)c4)CC3)cccc2n1. The smallest absolute Gasteiger partial charge is 0.322 e. The number of benzene rings is 2. The van der Waals surface area contributed by atoms with Crippen molar-refractivity contribution in [3.8, 4) is 0 Å². The Kier molecular flexibility index (Phi) is 6.40. The van der Waals surface area contributed by atoms with Crippen LogP contribution in [0.3, 0.4) is 0 Å². The monoisotopic (exact) mass is 421 g/mol. The van der Waals surface area contributed by atoms with Crippen molar-refractivity contribution >= 4 is 34.6 Å². The summed E-state index contributed by atoms with van der Waals surface area (Å²) in [4.78, 5) is 21.5. The molecule has 0 aliphatic carbocycles. The van der Waals surface area contributed by atoms with Crippen molar-refractivity contribution < 1.29 is 4.79 Å². The molecule has 2 amide bonds. The first-order valence-electron chi connectivity index (χ1n) is 10.2. The van der Waals surface area contributed by atoms with Gasteiger partial charge in [0.05, 0.1) is 5.52 Å². The number of rotatable bonds is 6. The first-order chi connectivity index (χ1) is 14.6. The number of amides is 2. The summed E-state index contributed by atoms with van der Waals surface area (Å²) < 4.78 is 2.57. The Morgan fingerprint density at radius 1 is 1.10 bits per heavy atom. The van der Waals surface area contributed by atoms with Crippen LogP contribution in [0.1, 0.15) is 11.3 Å². The Balaban J connectivity index is 1.32. The van der Waals surface area contributed by atoms with Crippen LogP contribution in [0, 0.1) is 6.92 Å². The molecule has 2 heterocycles. The van der Waals surface area contributed by atoms with Gasteiger partial charge >= 0.3 is 6.03 Å². The van der Waals surface area contributed by atoms with Gasteiger partial charge in [0.25, 0.3) is 0 Å². The lowest BCUT2D eigenvalue weighted by atomic mass is 10.1. The van der Waals surface area contributed by atoms with Crippen molar-refractivity contribution in [2.75, 3.05) is 37.6 Å². The van der Waals surface area contributed by atoms with Crippen molar-refractivity contribution in [1.29, 1.82) is 0 Å². The van der Waals surface area contributed by atoms with Gasteiger partial charge in [-0.15, -0.1) is 0 Å². The molecule has 0 saturated carbocycles. The number of carbonyl (C=O) groups excluding carboxylic acids is 1. The lowest BCUT2D eigenvalue weighted by Gasteiger charge is -2.36. The highest BCUT2D eigenvalue weighted by Crippen LogP contribution is 2.27. The molecule has 0 unspecified atom stereocenters. The third-order valence-electron chi connectivity index (χ3n) is 5.45. The molecule has 0 radical (unpaired) electrons. The number of aryl methyl sites for hydroxylation is 1. The van der Waals surface area contributed by atoms with Crippen LogP contribution in [-0.4, -0.2) is 48.6 Å². The van der Waals surface area contributed by atoms with E-state index in [0.717, 1.165) is 55.3 Å². The Bertz CT molecular complexity index is 1030. The number of hydrogen-bond donors (Lipinski definition) is 2. The summed E-state index contributed by atoms with van der Waals surface area (Å²) in [5.74, 6) is 0. The minimum Gasteiger partial charge on any atom is -0.368 e. The fourth-order valence-electron chi connectivity index (χ4n) is 3.89. The van der Waals surface area contributed by atoms with Gasteiger partial charge in [0, 0.05) is 54.4 Å². The quantitative estimate of drug-likeness (QED) is 0.595. The molecule has 4 rings (SSSR count). The normalized spacial score (nSPS) is 14.8. The van der Waals surface area contributed by atoms with E-state index in [0.29, 0.717) is 0 Å². The number of aromatic nitrogens is 1. The lowest BCUT2D eigenvalue weighted by Crippen LogP contribution is -2.47. The second kappa shape index (κ2) is 9.36. The summed E-state index contributed by atoms with van der Waals surface area (Å²) in [7, 11) is 0. The van der Waals surface area contributed by atoms with Gasteiger partial charge in [-0.3, -0.25) is 14.6 Å². The molecule has 7 heteroatoms. The summed E-state index contributed by atoms with van der Waals surface area (Å²) in [6.45, 7) is 7.20. The van der Waals surface area contributed by atoms with Gasteiger partial charge in [-0.25, -0.2) is 4.79 Å². The van der Waals surface area contributed by atoms with Crippen LogP contribution in [0.4, 0.5) is 10.5 Å². The Morgan fingerprint density at radius 2 is 1.90 bits per heavy atom. The number of primary amides is 1. The van der Waals surface area contributed by atoms with Crippen LogP contribution in [0.5, 0.6) is 0 Å². The molecule has 1 fully saturated rings. The number of carbonyl (C=O) groups is 1.